The fourth-order valence-electron chi connectivity index (χ4n) is 3.90. The Morgan fingerprint density at radius 2 is 1.88 bits per heavy atom. The molecule has 160 valence electrons. The monoisotopic (exact) mass is 444 g/mol. The minimum atomic E-state index is -0.948. The summed E-state index contributed by atoms with van der Waals surface area (Å²) in [6.45, 7) is 0.474. The van der Waals surface area contributed by atoms with Gasteiger partial charge in [-0.3, -0.25) is 9.78 Å². The second kappa shape index (κ2) is 8.39. The second-order valence-electron chi connectivity index (χ2n) is 7.62. The number of hydrogen-bond donors (Lipinski definition) is 2. The summed E-state index contributed by atoms with van der Waals surface area (Å²) >= 11 is 1.59. The smallest absolute Gasteiger partial charge is 0.326 e. The van der Waals surface area contributed by atoms with Crippen molar-refractivity contribution in [2.24, 2.45) is 0 Å². The van der Waals surface area contributed by atoms with E-state index in [9.17, 15) is 14.7 Å². The Kier molecular flexibility index (Phi) is 5.28. The van der Waals surface area contributed by atoms with Crippen LogP contribution in [0.15, 0.2) is 66.9 Å². The van der Waals surface area contributed by atoms with Crippen LogP contribution < -0.4 is 5.32 Å². The number of likely N-dealkylation sites (tertiary alicyclic amines) is 1. The van der Waals surface area contributed by atoms with Crippen molar-refractivity contribution in [2.75, 3.05) is 11.9 Å². The number of amides is 1. The van der Waals surface area contributed by atoms with Crippen molar-refractivity contribution in [2.45, 2.75) is 18.9 Å². The Hall–Kier alpha value is -3.78. The first-order chi connectivity index (χ1) is 15.6. The highest BCUT2D eigenvalue weighted by Gasteiger charge is 2.34. The number of anilines is 2. The van der Waals surface area contributed by atoms with Crippen molar-refractivity contribution in [1.82, 2.24) is 14.9 Å². The molecule has 0 bridgehead atoms. The number of aromatic nitrogens is 2. The number of nitrogens with zero attached hydrogens (tertiary/aromatic N) is 3. The van der Waals surface area contributed by atoms with Gasteiger partial charge in [0.2, 0.25) is 0 Å². The van der Waals surface area contributed by atoms with Gasteiger partial charge < -0.3 is 15.3 Å². The Morgan fingerprint density at radius 3 is 2.59 bits per heavy atom. The standard InChI is InChI=1S/C24H20N4O3S/c29-22(28-13-3-5-20(28)23(30)31)16-9-7-15(8-10-16)18-12-11-17(14-25-18)26-24-27-19-4-1-2-6-21(19)32-24/h1-2,4,6-12,14,20H,3,5,13H2,(H,26,27)(H,30,31)/t20-/m0/s1. The number of carbonyl (C=O) groups is 2. The summed E-state index contributed by atoms with van der Waals surface area (Å²) in [5.41, 5.74) is 3.94. The molecule has 1 aliphatic heterocycles. The zero-order chi connectivity index (χ0) is 22.1. The zero-order valence-corrected chi connectivity index (χ0v) is 17.9. The molecule has 1 atom stereocenters. The predicted molar refractivity (Wildman–Crippen MR) is 124 cm³/mol. The van der Waals surface area contributed by atoms with Crippen LogP contribution in [0.4, 0.5) is 10.8 Å². The van der Waals surface area contributed by atoms with Crippen LogP contribution in [0, 0.1) is 0 Å². The SMILES string of the molecule is O=C(O)[C@@H]1CCCN1C(=O)c1ccc(-c2ccc(Nc3nc4ccccc4s3)cn2)cc1. The molecule has 8 heteroatoms. The summed E-state index contributed by atoms with van der Waals surface area (Å²) < 4.78 is 1.12. The summed E-state index contributed by atoms with van der Waals surface area (Å²) in [6, 6.07) is 18.2. The first-order valence-corrected chi connectivity index (χ1v) is 11.1. The lowest BCUT2D eigenvalue weighted by Gasteiger charge is -2.21. The summed E-state index contributed by atoms with van der Waals surface area (Å²) in [6.07, 6.45) is 2.96. The number of nitrogens with one attached hydrogen (secondary N) is 1. The molecule has 2 N–H and O–H groups in total. The normalized spacial score (nSPS) is 15.8. The molecular weight excluding hydrogens is 424 g/mol. The Morgan fingerprint density at radius 1 is 1.06 bits per heavy atom. The molecule has 0 radical (unpaired) electrons. The molecule has 2 aromatic heterocycles. The molecular formula is C24H20N4O3S. The number of hydrogen-bond acceptors (Lipinski definition) is 6. The van der Waals surface area contributed by atoms with Gasteiger partial charge in [-0.15, -0.1) is 0 Å². The lowest BCUT2D eigenvalue weighted by molar-refractivity contribution is -0.141. The molecule has 1 saturated heterocycles. The van der Waals surface area contributed by atoms with Crippen molar-refractivity contribution < 1.29 is 14.7 Å². The lowest BCUT2D eigenvalue weighted by Crippen LogP contribution is -2.40. The average molecular weight is 445 g/mol. The van der Waals surface area contributed by atoms with Crippen LogP contribution in [0.5, 0.6) is 0 Å². The number of carboxylic acids is 1. The highest BCUT2D eigenvalue weighted by Crippen LogP contribution is 2.28. The summed E-state index contributed by atoms with van der Waals surface area (Å²) in [5.74, 6) is -1.19. The second-order valence-corrected chi connectivity index (χ2v) is 8.65. The summed E-state index contributed by atoms with van der Waals surface area (Å²) in [4.78, 5) is 34.6. The molecule has 1 aliphatic rings. The minimum Gasteiger partial charge on any atom is -0.480 e. The van der Waals surface area contributed by atoms with Crippen molar-refractivity contribution in [1.29, 1.82) is 0 Å². The van der Waals surface area contributed by atoms with E-state index in [4.69, 9.17) is 0 Å². The van der Waals surface area contributed by atoms with Gasteiger partial charge in [0, 0.05) is 17.7 Å². The minimum absolute atomic E-state index is 0.246. The van der Waals surface area contributed by atoms with Crippen LogP contribution >= 0.6 is 11.3 Å². The number of carbonyl (C=O) groups excluding carboxylic acids is 1. The molecule has 1 fully saturated rings. The third-order valence-corrected chi connectivity index (χ3v) is 6.49. The van der Waals surface area contributed by atoms with E-state index in [-0.39, 0.29) is 5.91 Å². The number of pyridine rings is 1. The zero-order valence-electron chi connectivity index (χ0n) is 17.1. The third kappa shape index (κ3) is 3.92. The van der Waals surface area contributed by atoms with E-state index >= 15 is 0 Å². The molecule has 0 spiro atoms. The number of benzene rings is 2. The van der Waals surface area contributed by atoms with Crippen LogP contribution in [-0.4, -0.2) is 44.4 Å². The van der Waals surface area contributed by atoms with E-state index in [1.54, 1.807) is 29.7 Å². The van der Waals surface area contributed by atoms with Crippen LogP contribution in [0.3, 0.4) is 0 Å². The van der Waals surface area contributed by atoms with Crippen LogP contribution in [0.2, 0.25) is 0 Å². The topological polar surface area (TPSA) is 95.4 Å². The van der Waals surface area contributed by atoms with E-state index in [1.165, 1.54) is 4.90 Å². The van der Waals surface area contributed by atoms with Gasteiger partial charge in [0.15, 0.2) is 5.13 Å². The fraction of sp³-hybridized carbons (Fsp3) is 0.167. The molecule has 0 saturated carbocycles. The molecule has 7 nitrogen and oxygen atoms in total. The van der Waals surface area contributed by atoms with E-state index in [0.717, 1.165) is 32.3 Å². The van der Waals surface area contributed by atoms with Gasteiger partial charge in [0.1, 0.15) is 6.04 Å². The predicted octanol–water partition coefficient (Wildman–Crippen LogP) is 4.79. The van der Waals surface area contributed by atoms with Crippen LogP contribution in [0.25, 0.3) is 21.5 Å². The average Bonchev–Trinajstić information content (AvgIpc) is 3.46. The van der Waals surface area contributed by atoms with Gasteiger partial charge in [0.25, 0.3) is 5.91 Å². The van der Waals surface area contributed by atoms with E-state index in [2.05, 4.69) is 15.3 Å². The van der Waals surface area contributed by atoms with Crippen molar-refractivity contribution in [3.8, 4) is 11.3 Å². The fourth-order valence-corrected chi connectivity index (χ4v) is 4.79. The Bertz CT molecular complexity index is 1250. The van der Waals surface area contributed by atoms with Crippen molar-refractivity contribution >= 4 is 44.2 Å². The summed E-state index contributed by atoms with van der Waals surface area (Å²) in [5, 5.41) is 13.4. The molecule has 1 amide bonds. The Balaban J connectivity index is 1.29. The molecule has 5 rings (SSSR count). The first kappa shape index (κ1) is 20.1. The lowest BCUT2D eigenvalue weighted by atomic mass is 10.1. The number of carboxylic acid groups (broad SMARTS) is 1. The molecule has 0 unspecified atom stereocenters. The van der Waals surface area contributed by atoms with E-state index in [1.807, 2.05) is 48.5 Å². The molecule has 3 heterocycles. The number of para-hydroxylation sites is 1. The third-order valence-electron chi connectivity index (χ3n) is 5.53. The van der Waals surface area contributed by atoms with Gasteiger partial charge >= 0.3 is 5.97 Å². The maximum Gasteiger partial charge on any atom is 0.326 e. The maximum absolute atomic E-state index is 12.7. The number of fused-ring (bicyclic) bond motifs is 1. The molecule has 4 aromatic rings. The van der Waals surface area contributed by atoms with Gasteiger partial charge in [-0.05, 0) is 49.2 Å². The van der Waals surface area contributed by atoms with Gasteiger partial charge in [-0.1, -0.05) is 35.6 Å². The first-order valence-electron chi connectivity index (χ1n) is 10.3. The van der Waals surface area contributed by atoms with E-state index in [0.29, 0.717) is 24.9 Å². The highest BCUT2D eigenvalue weighted by atomic mass is 32.1. The number of aliphatic carboxylic acids is 1. The molecule has 2 aromatic carbocycles. The highest BCUT2D eigenvalue weighted by molar-refractivity contribution is 7.22. The molecule has 0 aliphatic carbocycles. The number of thiazole rings is 1. The van der Waals surface area contributed by atoms with Gasteiger partial charge in [0.05, 0.1) is 27.8 Å². The van der Waals surface area contributed by atoms with Gasteiger partial charge in [-0.2, -0.15) is 0 Å². The molecule has 32 heavy (non-hydrogen) atoms. The van der Waals surface area contributed by atoms with E-state index < -0.39 is 12.0 Å². The largest absolute Gasteiger partial charge is 0.480 e. The van der Waals surface area contributed by atoms with Crippen LogP contribution in [0.1, 0.15) is 23.2 Å². The van der Waals surface area contributed by atoms with Crippen LogP contribution in [-0.2, 0) is 4.79 Å². The number of rotatable bonds is 5. The van der Waals surface area contributed by atoms with Crippen molar-refractivity contribution in [3.63, 3.8) is 0 Å². The van der Waals surface area contributed by atoms with Gasteiger partial charge in [-0.25, -0.2) is 9.78 Å². The summed E-state index contributed by atoms with van der Waals surface area (Å²) in [7, 11) is 0. The quantitative estimate of drug-likeness (QED) is 0.459. The Labute approximate surface area is 188 Å². The maximum atomic E-state index is 12.7. The van der Waals surface area contributed by atoms with Crippen molar-refractivity contribution in [3.05, 3.63) is 72.4 Å².